The topological polar surface area (TPSA) is 79.7 Å². The zero-order valence-electron chi connectivity index (χ0n) is 11.4. The normalized spacial score (nSPS) is 13.9. The van der Waals surface area contributed by atoms with Crippen LogP contribution in [-0.2, 0) is 13.3 Å². The van der Waals surface area contributed by atoms with Crippen LogP contribution >= 0.6 is 0 Å². The van der Waals surface area contributed by atoms with Crippen molar-refractivity contribution >= 4 is 8.80 Å². The highest BCUT2D eigenvalue weighted by Gasteiger charge is 2.41. The Morgan fingerprint density at radius 2 is 1.65 bits per heavy atom. The zero-order valence-corrected chi connectivity index (χ0v) is 12.4. The van der Waals surface area contributed by atoms with E-state index in [0.717, 1.165) is 12.8 Å². The fourth-order valence-electron chi connectivity index (χ4n) is 1.70. The predicted molar refractivity (Wildman–Crippen MR) is 71.7 cm³/mol. The summed E-state index contributed by atoms with van der Waals surface area (Å²) in [6.45, 7) is 8.33. The molecule has 6 heteroatoms. The van der Waals surface area contributed by atoms with Gasteiger partial charge in [-0.2, -0.15) is 0 Å². The van der Waals surface area contributed by atoms with E-state index in [-0.39, 0.29) is 6.10 Å². The highest BCUT2D eigenvalue weighted by Crippen LogP contribution is 2.19. The highest BCUT2D eigenvalue weighted by molar-refractivity contribution is 6.60. The van der Waals surface area contributed by atoms with E-state index in [0.29, 0.717) is 32.3 Å². The Kier molecular flexibility index (Phi) is 10.00. The predicted octanol–water partition coefficient (Wildman–Crippen LogP) is 1.10. The lowest BCUT2D eigenvalue weighted by Gasteiger charge is -2.31. The average Bonchev–Trinajstić information content (AvgIpc) is 2.27. The third-order valence-electron chi connectivity index (χ3n) is 2.37. The van der Waals surface area contributed by atoms with Crippen molar-refractivity contribution in [1.29, 1.82) is 0 Å². The molecule has 0 saturated heterocycles. The van der Waals surface area contributed by atoms with Gasteiger partial charge in [0.15, 0.2) is 0 Å². The molecular formula is C11H28N2O3Si. The van der Waals surface area contributed by atoms with E-state index >= 15 is 0 Å². The van der Waals surface area contributed by atoms with Crippen molar-refractivity contribution < 1.29 is 13.3 Å². The van der Waals surface area contributed by atoms with Crippen molar-refractivity contribution in [2.45, 2.75) is 45.8 Å². The fraction of sp³-hybridized carbons (Fsp3) is 1.00. The lowest BCUT2D eigenvalue weighted by molar-refractivity contribution is 0.0357. The molecule has 0 aliphatic carbocycles. The molecule has 0 amide bonds. The molecule has 1 unspecified atom stereocenters. The van der Waals surface area contributed by atoms with Gasteiger partial charge in [-0.1, -0.05) is 0 Å². The molecule has 5 nitrogen and oxygen atoms in total. The highest BCUT2D eigenvalue weighted by atomic mass is 28.4. The Hall–Kier alpha value is 0.0169. The number of nitrogens with two attached hydrogens (primary N) is 2. The summed E-state index contributed by atoms with van der Waals surface area (Å²) < 4.78 is 17.5. The van der Waals surface area contributed by atoms with Gasteiger partial charge in [0, 0.05) is 25.4 Å². The van der Waals surface area contributed by atoms with Gasteiger partial charge in [-0.3, -0.25) is 0 Å². The fourth-order valence-corrected chi connectivity index (χ4v) is 4.29. The van der Waals surface area contributed by atoms with Crippen LogP contribution in [0.4, 0.5) is 0 Å². The molecule has 1 atom stereocenters. The average molecular weight is 264 g/mol. The quantitative estimate of drug-likeness (QED) is 0.546. The van der Waals surface area contributed by atoms with Crippen LogP contribution in [0, 0.1) is 0 Å². The molecule has 0 aromatic carbocycles. The molecule has 0 radical (unpaired) electrons. The molecule has 104 valence electrons. The molecule has 17 heavy (non-hydrogen) atoms. The summed E-state index contributed by atoms with van der Waals surface area (Å²) in [6.07, 6.45) is 1.98. The van der Waals surface area contributed by atoms with Gasteiger partial charge in [0.05, 0.1) is 0 Å². The van der Waals surface area contributed by atoms with Crippen LogP contribution < -0.4 is 11.5 Å². The molecule has 0 aromatic rings. The van der Waals surface area contributed by atoms with E-state index < -0.39 is 8.80 Å². The molecule has 0 heterocycles. The standard InChI is InChI=1S/C11H28N2O3Si/c1-4-14-17(10-9-13,15-5-2)16-11(3)7-6-8-12/h11H,4-10,12-13H2,1-3H3. The smallest absolute Gasteiger partial charge is 0.374 e. The van der Waals surface area contributed by atoms with Crippen LogP contribution in [0.15, 0.2) is 0 Å². The minimum absolute atomic E-state index is 0.106. The summed E-state index contributed by atoms with van der Waals surface area (Å²) in [6, 6.07) is 0.668. The molecule has 0 rings (SSSR count). The van der Waals surface area contributed by atoms with Crippen LogP contribution in [0.25, 0.3) is 0 Å². The van der Waals surface area contributed by atoms with Gasteiger partial charge >= 0.3 is 8.80 Å². The molecular weight excluding hydrogens is 236 g/mol. The summed E-state index contributed by atoms with van der Waals surface area (Å²) in [5.41, 5.74) is 11.1. The lowest BCUT2D eigenvalue weighted by atomic mass is 10.2. The molecule has 0 aliphatic rings. The second kappa shape index (κ2) is 9.99. The van der Waals surface area contributed by atoms with Gasteiger partial charge in [-0.25, -0.2) is 0 Å². The van der Waals surface area contributed by atoms with Crippen LogP contribution in [0.5, 0.6) is 0 Å². The second-order valence-corrected chi connectivity index (χ2v) is 6.63. The first-order valence-corrected chi connectivity index (χ1v) is 8.43. The van der Waals surface area contributed by atoms with Gasteiger partial charge in [0.1, 0.15) is 0 Å². The van der Waals surface area contributed by atoms with Crippen molar-refractivity contribution in [1.82, 2.24) is 0 Å². The minimum atomic E-state index is -2.57. The summed E-state index contributed by atoms with van der Waals surface area (Å²) in [5.74, 6) is 0. The van der Waals surface area contributed by atoms with Crippen molar-refractivity contribution in [2.75, 3.05) is 26.3 Å². The van der Waals surface area contributed by atoms with E-state index in [9.17, 15) is 0 Å². The first kappa shape index (κ1) is 17.0. The maximum absolute atomic E-state index is 6.02. The first-order valence-electron chi connectivity index (χ1n) is 6.50. The molecule has 0 saturated carbocycles. The molecule has 0 aromatic heterocycles. The Bertz CT molecular complexity index is 167. The van der Waals surface area contributed by atoms with Crippen molar-refractivity contribution in [2.24, 2.45) is 11.5 Å². The van der Waals surface area contributed by atoms with E-state index in [1.807, 2.05) is 20.8 Å². The van der Waals surface area contributed by atoms with E-state index in [1.165, 1.54) is 0 Å². The van der Waals surface area contributed by atoms with Crippen LogP contribution in [0.3, 0.4) is 0 Å². The summed E-state index contributed by atoms with van der Waals surface area (Å²) >= 11 is 0. The molecule has 0 fully saturated rings. The Balaban J connectivity index is 4.40. The second-order valence-electron chi connectivity index (χ2n) is 3.95. The molecule has 0 bridgehead atoms. The van der Waals surface area contributed by atoms with Gasteiger partial charge in [0.25, 0.3) is 0 Å². The summed E-state index contributed by atoms with van der Waals surface area (Å²) in [4.78, 5) is 0. The third kappa shape index (κ3) is 7.12. The maximum atomic E-state index is 6.02. The van der Waals surface area contributed by atoms with Crippen molar-refractivity contribution in [3.63, 3.8) is 0 Å². The van der Waals surface area contributed by atoms with Crippen molar-refractivity contribution in [3.05, 3.63) is 0 Å². The first-order chi connectivity index (χ1) is 8.14. The van der Waals surface area contributed by atoms with E-state index in [2.05, 4.69) is 0 Å². The van der Waals surface area contributed by atoms with Crippen LogP contribution in [0.2, 0.25) is 6.04 Å². The Morgan fingerprint density at radius 1 is 1.06 bits per heavy atom. The zero-order chi connectivity index (χ0) is 13.1. The van der Waals surface area contributed by atoms with Crippen LogP contribution in [-0.4, -0.2) is 41.2 Å². The third-order valence-corrected chi connectivity index (χ3v) is 5.49. The van der Waals surface area contributed by atoms with E-state index in [1.54, 1.807) is 0 Å². The molecule has 0 spiro atoms. The summed E-state index contributed by atoms with van der Waals surface area (Å²) in [7, 11) is -2.57. The van der Waals surface area contributed by atoms with Gasteiger partial charge in [0.2, 0.25) is 0 Å². The minimum Gasteiger partial charge on any atom is -0.374 e. The van der Waals surface area contributed by atoms with E-state index in [4.69, 9.17) is 24.7 Å². The monoisotopic (exact) mass is 264 g/mol. The Morgan fingerprint density at radius 3 is 2.06 bits per heavy atom. The number of hydrogen-bond donors (Lipinski definition) is 2. The van der Waals surface area contributed by atoms with Gasteiger partial charge in [-0.05, 0) is 46.7 Å². The number of rotatable bonds is 11. The molecule has 0 aliphatic heterocycles. The summed E-state index contributed by atoms with van der Waals surface area (Å²) in [5, 5.41) is 0. The largest absolute Gasteiger partial charge is 0.502 e. The van der Waals surface area contributed by atoms with Gasteiger partial charge < -0.3 is 24.7 Å². The lowest BCUT2D eigenvalue weighted by Crippen LogP contribution is -2.49. The number of hydrogen-bond acceptors (Lipinski definition) is 5. The Labute approximate surface area is 106 Å². The molecule has 4 N–H and O–H groups in total. The van der Waals surface area contributed by atoms with Crippen LogP contribution in [0.1, 0.15) is 33.6 Å². The van der Waals surface area contributed by atoms with Crippen molar-refractivity contribution in [3.8, 4) is 0 Å². The SMILES string of the molecule is CCO[Si](CCN)(OCC)OC(C)CCCN. The van der Waals surface area contributed by atoms with Gasteiger partial charge in [-0.15, -0.1) is 0 Å². The maximum Gasteiger partial charge on any atom is 0.502 e.